The summed E-state index contributed by atoms with van der Waals surface area (Å²) >= 11 is 0. The van der Waals surface area contributed by atoms with Crippen molar-refractivity contribution >= 4 is 17.0 Å². The standard InChI is InChI=1S/C22H30N2O2/c1-21(2)10-16-11-22(3,13-21)14-24(16)20(25)18-9-19-17(7-8-26-19)23(18)12-15-5-4-6-15/h7-9,15-16H,4-6,10-14H2,1-3H3. The quantitative estimate of drug-likeness (QED) is 0.771. The molecule has 3 aliphatic rings. The van der Waals surface area contributed by atoms with Crippen molar-refractivity contribution in [1.82, 2.24) is 9.47 Å². The van der Waals surface area contributed by atoms with Gasteiger partial charge >= 0.3 is 0 Å². The van der Waals surface area contributed by atoms with Crippen LogP contribution in [-0.4, -0.2) is 28.0 Å². The van der Waals surface area contributed by atoms with Gasteiger partial charge in [0.05, 0.1) is 11.8 Å². The van der Waals surface area contributed by atoms with Crippen LogP contribution in [0.1, 0.15) is 69.8 Å². The van der Waals surface area contributed by atoms with E-state index < -0.39 is 0 Å². The van der Waals surface area contributed by atoms with Gasteiger partial charge in [0.15, 0.2) is 5.58 Å². The fraction of sp³-hybridized carbons (Fsp3) is 0.682. The van der Waals surface area contributed by atoms with Crippen LogP contribution in [0.25, 0.3) is 11.1 Å². The number of aromatic nitrogens is 1. The second-order valence-electron chi connectivity index (χ2n) is 10.3. The van der Waals surface area contributed by atoms with Gasteiger partial charge < -0.3 is 13.9 Å². The van der Waals surface area contributed by atoms with Crippen LogP contribution < -0.4 is 0 Å². The van der Waals surface area contributed by atoms with Crippen LogP contribution in [0.4, 0.5) is 0 Å². The summed E-state index contributed by atoms with van der Waals surface area (Å²) in [6.45, 7) is 8.93. The smallest absolute Gasteiger partial charge is 0.270 e. The molecule has 1 amide bonds. The van der Waals surface area contributed by atoms with Crippen molar-refractivity contribution in [3.63, 3.8) is 0 Å². The summed E-state index contributed by atoms with van der Waals surface area (Å²) in [5.74, 6) is 0.920. The van der Waals surface area contributed by atoms with E-state index in [1.54, 1.807) is 6.26 Å². The number of carbonyl (C=O) groups excluding carboxylic acids is 1. The molecule has 1 saturated heterocycles. The minimum Gasteiger partial charge on any atom is -0.463 e. The van der Waals surface area contributed by atoms with Gasteiger partial charge in [-0.25, -0.2) is 0 Å². The molecule has 2 aromatic heterocycles. The molecule has 140 valence electrons. The third kappa shape index (κ3) is 2.52. The summed E-state index contributed by atoms with van der Waals surface area (Å²) < 4.78 is 7.87. The third-order valence-corrected chi connectivity index (χ3v) is 7.08. The Labute approximate surface area is 155 Å². The normalized spacial score (nSPS) is 30.7. The number of amides is 1. The van der Waals surface area contributed by atoms with E-state index in [1.807, 2.05) is 12.1 Å². The van der Waals surface area contributed by atoms with E-state index in [2.05, 4.69) is 30.2 Å². The minimum absolute atomic E-state index is 0.210. The number of likely N-dealkylation sites (tertiary alicyclic amines) is 1. The van der Waals surface area contributed by atoms with Crippen LogP contribution in [0.2, 0.25) is 0 Å². The lowest BCUT2D eigenvalue weighted by molar-refractivity contribution is 0.0695. The second-order valence-corrected chi connectivity index (χ2v) is 10.3. The van der Waals surface area contributed by atoms with Crippen molar-refractivity contribution in [1.29, 1.82) is 0 Å². The Kier molecular flexibility index (Phi) is 3.42. The SMILES string of the molecule is CC1(C)CC2CC(C)(CN2C(=O)c2cc3occc3n2CC2CCC2)C1. The molecule has 2 aliphatic carbocycles. The van der Waals surface area contributed by atoms with E-state index in [0.29, 0.717) is 17.4 Å². The molecule has 2 bridgehead atoms. The predicted octanol–water partition coefficient (Wildman–Crippen LogP) is 5.08. The molecule has 4 nitrogen and oxygen atoms in total. The molecule has 1 aliphatic heterocycles. The Morgan fingerprint density at radius 3 is 2.81 bits per heavy atom. The summed E-state index contributed by atoms with van der Waals surface area (Å²) in [5, 5.41) is 0. The molecule has 2 aromatic rings. The zero-order valence-corrected chi connectivity index (χ0v) is 16.3. The van der Waals surface area contributed by atoms with Crippen LogP contribution in [-0.2, 0) is 6.54 Å². The first-order valence-corrected chi connectivity index (χ1v) is 10.2. The first kappa shape index (κ1) is 16.5. The van der Waals surface area contributed by atoms with Gasteiger partial charge in [0.25, 0.3) is 5.91 Å². The molecule has 3 heterocycles. The highest BCUT2D eigenvalue weighted by molar-refractivity contribution is 5.98. The first-order chi connectivity index (χ1) is 12.3. The van der Waals surface area contributed by atoms with Crippen LogP contribution in [0.15, 0.2) is 22.8 Å². The zero-order valence-electron chi connectivity index (χ0n) is 16.3. The van der Waals surface area contributed by atoms with E-state index in [9.17, 15) is 4.79 Å². The average Bonchev–Trinajstić information content (AvgIpc) is 3.13. The maximum absolute atomic E-state index is 13.6. The third-order valence-electron chi connectivity index (χ3n) is 7.08. The van der Waals surface area contributed by atoms with Gasteiger partial charge in [-0.05, 0) is 48.9 Å². The summed E-state index contributed by atoms with van der Waals surface area (Å²) in [5.41, 5.74) is 3.36. The second kappa shape index (κ2) is 5.40. The predicted molar refractivity (Wildman–Crippen MR) is 102 cm³/mol. The van der Waals surface area contributed by atoms with Gasteiger partial charge in [-0.3, -0.25) is 4.79 Å². The summed E-state index contributed by atoms with van der Waals surface area (Å²) in [6.07, 6.45) is 9.11. The van der Waals surface area contributed by atoms with Crippen LogP contribution >= 0.6 is 0 Å². The maximum Gasteiger partial charge on any atom is 0.270 e. The molecule has 0 aromatic carbocycles. The van der Waals surface area contributed by atoms with Crippen molar-refractivity contribution in [2.75, 3.05) is 6.54 Å². The van der Waals surface area contributed by atoms with E-state index in [1.165, 1.54) is 25.7 Å². The lowest BCUT2D eigenvalue weighted by Crippen LogP contribution is -2.38. The van der Waals surface area contributed by atoms with E-state index in [0.717, 1.165) is 42.7 Å². The van der Waals surface area contributed by atoms with Gasteiger partial charge in [-0.15, -0.1) is 0 Å². The molecule has 26 heavy (non-hydrogen) atoms. The number of hydrogen-bond donors (Lipinski definition) is 0. The Morgan fingerprint density at radius 2 is 2.08 bits per heavy atom. The largest absolute Gasteiger partial charge is 0.463 e. The number of carbonyl (C=O) groups is 1. The lowest BCUT2D eigenvalue weighted by atomic mass is 9.65. The molecule has 2 unspecified atom stereocenters. The molecule has 4 heteroatoms. The number of hydrogen-bond acceptors (Lipinski definition) is 2. The molecule has 2 atom stereocenters. The summed E-state index contributed by atoms with van der Waals surface area (Å²) in [6, 6.07) is 4.37. The Bertz CT molecular complexity index is 857. The van der Waals surface area contributed by atoms with E-state index in [-0.39, 0.29) is 11.3 Å². The van der Waals surface area contributed by atoms with Gasteiger partial charge in [0, 0.05) is 31.3 Å². The number of rotatable bonds is 3. The fourth-order valence-electron chi connectivity index (χ4n) is 6.13. The Hall–Kier alpha value is -1.71. The molecule has 0 spiro atoms. The Balaban J connectivity index is 1.49. The van der Waals surface area contributed by atoms with E-state index in [4.69, 9.17) is 4.42 Å². The molecule has 0 N–H and O–H groups in total. The number of furan rings is 1. The van der Waals surface area contributed by atoms with Crippen molar-refractivity contribution < 1.29 is 9.21 Å². The summed E-state index contributed by atoms with van der Waals surface area (Å²) in [4.78, 5) is 15.8. The first-order valence-electron chi connectivity index (χ1n) is 10.2. The van der Waals surface area contributed by atoms with Crippen LogP contribution in [0.5, 0.6) is 0 Å². The number of fused-ring (bicyclic) bond motifs is 3. The van der Waals surface area contributed by atoms with Crippen LogP contribution in [0.3, 0.4) is 0 Å². The molecule has 3 fully saturated rings. The highest BCUT2D eigenvalue weighted by Gasteiger charge is 2.51. The van der Waals surface area contributed by atoms with Gasteiger partial charge in [-0.1, -0.05) is 27.2 Å². The monoisotopic (exact) mass is 354 g/mol. The molecule has 2 saturated carbocycles. The maximum atomic E-state index is 13.6. The van der Waals surface area contributed by atoms with Crippen molar-refractivity contribution in [2.45, 2.75) is 71.9 Å². The highest BCUT2D eigenvalue weighted by Crippen LogP contribution is 2.52. The fourth-order valence-corrected chi connectivity index (χ4v) is 6.13. The molecular formula is C22H30N2O2. The van der Waals surface area contributed by atoms with Crippen molar-refractivity contribution in [2.24, 2.45) is 16.7 Å². The van der Waals surface area contributed by atoms with Gasteiger partial charge in [-0.2, -0.15) is 0 Å². The van der Waals surface area contributed by atoms with Crippen molar-refractivity contribution in [3.8, 4) is 0 Å². The molecule has 0 radical (unpaired) electrons. The Morgan fingerprint density at radius 1 is 1.27 bits per heavy atom. The van der Waals surface area contributed by atoms with Crippen LogP contribution in [0, 0.1) is 16.7 Å². The van der Waals surface area contributed by atoms with Gasteiger partial charge in [0.2, 0.25) is 0 Å². The van der Waals surface area contributed by atoms with Gasteiger partial charge in [0.1, 0.15) is 5.69 Å². The zero-order chi connectivity index (χ0) is 18.1. The lowest BCUT2D eigenvalue weighted by Gasteiger charge is -2.39. The van der Waals surface area contributed by atoms with Crippen molar-refractivity contribution in [3.05, 3.63) is 24.1 Å². The number of nitrogens with zero attached hydrogens (tertiary/aromatic N) is 2. The minimum atomic E-state index is 0.210. The molecule has 5 rings (SSSR count). The van der Waals surface area contributed by atoms with E-state index >= 15 is 0 Å². The molecular weight excluding hydrogens is 324 g/mol. The average molecular weight is 354 g/mol. The highest BCUT2D eigenvalue weighted by atomic mass is 16.3. The summed E-state index contributed by atoms with van der Waals surface area (Å²) in [7, 11) is 0. The topological polar surface area (TPSA) is 38.4 Å².